The zero-order chi connectivity index (χ0) is 23.5. The molecule has 0 saturated carbocycles. The summed E-state index contributed by atoms with van der Waals surface area (Å²) in [6.07, 6.45) is -1.08. The first kappa shape index (κ1) is 21.7. The number of anilines is 1. The summed E-state index contributed by atoms with van der Waals surface area (Å²) in [4.78, 5) is 26.5. The highest BCUT2D eigenvalue weighted by atomic mass is 16.6. The van der Waals surface area contributed by atoms with Crippen molar-refractivity contribution in [2.45, 2.75) is 26.9 Å². The topological polar surface area (TPSA) is 117 Å². The van der Waals surface area contributed by atoms with E-state index in [2.05, 4.69) is 27.3 Å². The molecule has 2 aromatic carbocycles. The van der Waals surface area contributed by atoms with Crippen molar-refractivity contribution in [1.29, 1.82) is 0 Å². The van der Waals surface area contributed by atoms with Crippen LogP contribution >= 0.6 is 0 Å². The van der Waals surface area contributed by atoms with E-state index in [1.165, 1.54) is 0 Å². The molecule has 3 N–H and O–H groups in total. The SMILES string of the molecule is Cc1ccccc1C(C)OC(=O)Nc1c(C)noc1C#Cc1ccc2cc(C(=O)O)[nH]c2c1. The van der Waals surface area contributed by atoms with Crippen LogP contribution in [0.2, 0.25) is 0 Å². The number of rotatable bonds is 4. The van der Waals surface area contributed by atoms with E-state index < -0.39 is 18.2 Å². The van der Waals surface area contributed by atoms with Gasteiger partial charge in [-0.05, 0) is 56.0 Å². The Morgan fingerprint density at radius 1 is 1.15 bits per heavy atom. The number of amides is 1. The van der Waals surface area contributed by atoms with Crippen molar-refractivity contribution in [3.63, 3.8) is 0 Å². The maximum Gasteiger partial charge on any atom is 0.412 e. The Labute approximate surface area is 189 Å². The third-order valence-corrected chi connectivity index (χ3v) is 5.17. The second kappa shape index (κ2) is 8.93. The van der Waals surface area contributed by atoms with Gasteiger partial charge in [-0.25, -0.2) is 9.59 Å². The molecule has 8 nitrogen and oxygen atoms in total. The van der Waals surface area contributed by atoms with Gasteiger partial charge in [-0.3, -0.25) is 5.32 Å². The van der Waals surface area contributed by atoms with Crippen molar-refractivity contribution >= 4 is 28.7 Å². The number of hydrogen-bond acceptors (Lipinski definition) is 5. The Balaban J connectivity index is 1.51. The Kier molecular flexibility index (Phi) is 5.87. The van der Waals surface area contributed by atoms with E-state index in [-0.39, 0.29) is 11.5 Å². The summed E-state index contributed by atoms with van der Waals surface area (Å²) in [5.74, 6) is 4.97. The second-order valence-electron chi connectivity index (χ2n) is 7.54. The molecule has 4 rings (SSSR count). The van der Waals surface area contributed by atoms with Gasteiger partial charge in [0.1, 0.15) is 23.2 Å². The number of carbonyl (C=O) groups excluding carboxylic acids is 1. The molecule has 8 heteroatoms. The molecule has 1 atom stereocenters. The minimum atomic E-state index is -1.03. The van der Waals surface area contributed by atoms with Crippen LogP contribution in [0.5, 0.6) is 0 Å². The molecule has 2 heterocycles. The van der Waals surface area contributed by atoms with Gasteiger partial charge < -0.3 is 19.4 Å². The molecular weight excluding hydrogens is 422 g/mol. The molecule has 4 aromatic rings. The molecular formula is C25H21N3O5. The molecule has 0 spiro atoms. The van der Waals surface area contributed by atoms with E-state index in [4.69, 9.17) is 14.4 Å². The monoisotopic (exact) mass is 443 g/mol. The number of hydrogen-bond donors (Lipinski definition) is 3. The Bertz CT molecular complexity index is 1420. The molecule has 2 aromatic heterocycles. The number of ether oxygens (including phenoxy) is 1. The first-order chi connectivity index (χ1) is 15.8. The number of aromatic carboxylic acids is 1. The van der Waals surface area contributed by atoms with Crippen LogP contribution in [-0.2, 0) is 4.74 Å². The highest BCUT2D eigenvalue weighted by Crippen LogP contribution is 2.24. The van der Waals surface area contributed by atoms with Crippen molar-refractivity contribution in [3.8, 4) is 11.8 Å². The molecule has 0 fully saturated rings. The zero-order valence-corrected chi connectivity index (χ0v) is 18.2. The maximum absolute atomic E-state index is 12.5. The average Bonchev–Trinajstić information content (AvgIpc) is 3.36. The smallest absolute Gasteiger partial charge is 0.412 e. The van der Waals surface area contributed by atoms with E-state index in [1.807, 2.05) is 31.2 Å². The number of nitrogens with one attached hydrogen (secondary N) is 2. The van der Waals surface area contributed by atoms with Gasteiger partial charge in [-0.2, -0.15) is 0 Å². The van der Waals surface area contributed by atoms with Crippen LogP contribution in [0.1, 0.15) is 51.7 Å². The lowest BCUT2D eigenvalue weighted by Crippen LogP contribution is -2.17. The standard InChI is InChI=1S/C25H21N3O5/c1-14-6-4-5-7-19(14)16(3)32-25(31)27-23-15(2)28-33-22(23)11-9-17-8-10-18-13-21(24(29)30)26-20(18)12-17/h4-8,10,12-13,16,26H,1-3H3,(H,27,31)(H,29,30). The van der Waals surface area contributed by atoms with Crippen molar-refractivity contribution in [3.05, 3.63) is 82.4 Å². The normalized spacial score (nSPS) is 11.5. The van der Waals surface area contributed by atoms with Gasteiger partial charge >= 0.3 is 12.1 Å². The van der Waals surface area contributed by atoms with Crippen LogP contribution in [0.4, 0.5) is 10.5 Å². The summed E-state index contributed by atoms with van der Waals surface area (Å²) in [7, 11) is 0. The average molecular weight is 443 g/mol. The number of nitrogens with zero attached hydrogens (tertiary/aromatic N) is 1. The molecule has 0 radical (unpaired) electrons. The number of carboxylic acids is 1. The fraction of sp³-hybridized carbons (Fsp3) is 0.160. The first-order valence-corrected chi connectivity index (χ1v) is 10.2. The lowest BCUT2D eigenvalue weighted by molar-refractivity contribution is 0.0691. The van der Waals surface area contributed by atoms with Gasteiger partial charge in [-0.15, -0.1) is 0 Å². The summed E-state index contributed by atoms with van der Waals surface area (Å²) >= 11 is 0. The van der Waals surface area contributed by atoms with Gasteiger partial charge in [0.05, 0.1) is 0 Å². The van der Waals surface area contributed by atoms with E-state index >= 15 is 0 Å². The molecule has 0 aliphatic rings. The van der Waals surface area contributed by atoms with Gasteiger partial charge in [-0.1, -0.05) is 41.4 Å². The summed E-state index contributed by atoms with van der Waals surface area (Å²) in [6.45, 7) is 5.45. The number of carbonyl (C=O) groups is 2. The van der Waals surface area contributed by atoms with E-state index in [1.54, 1.807) is 38.1 Å². The van der Waals surface area contributed by atoms with Crippen LogP contribution in [0.3, 0.4) is 0 Å². The van der Waals surface area contributed by atoms with Gasteiger partial charge in [0.15, 0.2) is 0 Å². The third-order valence-electron chi connectivity index (χ3n) is 5.17. The Hall–Kier alpha value is -4.51. The van der Waals surface area contributed by atoms with E-state index in [0.29, 0.717) is 22.5 Å². The van der Waals surface area contributed by atoms with Crippen LogP contribution in [-0.4, -0.2) is 27.3 Å². The van der Waals surface area contributed by atoms with Gasteiger partial charge in [0.2, 0.25) is 5.76 Å². The fourth-order valence-corrected chi connectivity index (χ4v) is 3.45. The minimum Gasteiger partial charge on any atom is -0.477 e. The third kappa shape index (κ3) is 4.72. The number of carboxylic acid groups (broad SMARTS) is 1. The zero-order valence-electron chi connectivity index (χ0n) is 18.2. The molecule has 0 saturated heterocycles. The number of aryl methyl sites for hydroxylation is 2. The molecule has 33 heavy (non-hydrogen) atoms. The summed E-state index contributed by atoms with van der Waals surface area (Å²) in [5, 5.41) is 16.4. The lowest BCUT2D eigenvalue weighted by Gasteiger charge is -2.16. The summed E-state index contributed by atoms with van der Waals surface area (Å²) < 4.78 is 10.8. The van der Waals surface area contributed by atoms with Crippen LogP contribution in [0, 0.1) is 25.7 Å². The molecule has 0 bridgehead atoms. The Morgan fingerprint density at radius 2 is 1.94 bits per heavy atom. The minimum absolute atomic E-state index is 0.103. The fourth-order valence-electron chi connectivity index (χ4n) is 3.45. The largest absolute Gasteiger partial charge is 0.477 e. The molecule has 0 aliphatic heterocycles. The van der Waals surface area contributed by atoms with Crippen LogP contribution < -0.4 is 5.32 Å². The molecule has 166 valence electrons. The summed E-state index contributed by atoms with van der Waals surface area (Å²) in [6, 6.07) is 14.5. The molecule has 1 unspecified atom stereocenters. The number of H-pyrrole nitrogens is 1. The quantitative estimate of drug-likeness (QED) is 0.374. The highest BCUT2D eigenvalue weighted by Gasteiger charge is 2.18. The van der Waals surface area contributed by atoms with Crippen LogP contribution in [0.25, 0.3) is 10.9 Å². The van der Waals surface area contributed by atoms with Crippen molar-refractivity contribution in [1.82, 2.24) is 10.1 Å². The summed E-state index contributed by atoms with van der Waals surface area (Å²) in [5.41, 5.74) is 4.13. The number of benzene rings is 2. The van der Waals surface area contributed by atoms with Crippen LogP contribution in [0.15, 0.2) is 53.1 Å². The van der Waals surface area contributed by atoms with E-state index in [9.17, 15) is 9.59 Å². The predicted molar refractivity (Wildman–Crippen MR) is 122 cm³/mol. The number of aromatic amines is 1. The number of fused-ring (bicyclic) bond motifs is 1. The molecule has 0 aliphatic carbocycles. The second-order valence-corrected chi connectivity index (χ2v) is 7.54. The van der Waals surface area contributed by atoms with Crippen molar-refractivity contribution in [2.24, 2.45) is 0 Å². The number of aromatic nitrogens is 2. The molecule has 1 amide bonds. The predicted octanol–water partition coefficient (Wildman–Crippen LogP) is 5.18. The maximum atomic E-state index is 12.5. The highest BCUT2D eigenvalue weighted by molar-refractivity contribution is 5.94. The van der Waals surface area contributed by atoms with Gasteiger partial charge in [0.25, 0.3) is 0 Å². The van der Waals surface area contributed by atoms with Gasteiger partial charge in [0, 0.05) is 16.5 Å². The van der Waals surface area contributed by atoms with E-state index in [0.717, 1.165) is 16.5 Å². The van der Waals surface area contributed by atoms with Crippen molar-refractivity contribution in [2.75, 3.05) is 5.32 Å². The first-order valence-electron chi connectivity index (χ1n) is 10.2. The Morgan fingerprint density at radius 3 is 2.70 bits per heavy atom. The van der Waals surface area contributed by atoms with Crippen molar-refractivity contribution < 1.29 is 24.0 Å². The lowest BCUT2D eigenvalue weighted by atomic mass is 10.1.